The van der Waals surface area contributed by atoms with Gasteiger partial charge in [-0.3, -0.25) is 19.2 Å². The van der Waals surface area contributed by atoms with Gasteiger partial charge < -0.3 is 0 Å². The van der Waals surface area contributed by atoms with E-state index >= 15 is 0 Å². The summed E-state index contributed by atoms with van der Waals surface area (Å²) in [6.45, 7) is 11.5. The van der Waals surface area contributed by atoms with E-state index in [1.807, 2.05) is 41.5 Å². The van der Waals surface area contributed by atoms with E-state index in [4.69, 9.17) is 0 Å². The molecule has 2 aliphatic rings. The summed E-state index contributed by atoms with van der Waals surface area (Å²) in [6.07, 6.45) is 1.36. The summed E-state index contributed by atoms with van der Waals surface area (Å²) in [7, 11) is 0. The van der Waals surface area contributed by atoms with Crippen molar-refractivity contribution in [1.82, 2.24) is 0 Å². The molecule has 0 spiro atoms. The molecule has 0 atom stereocenters. The standard InChI is InChI=1S/C20H30O4/c1-11(2)16(17-12(21)7-19(3,4)8-13(17)22)18-14(23)9-20(5,6)10-15(18)24/h11,16-18H,7-10H2,1-6H3. The molecule has 134 valence electrons. The summed E-state index contributed by atoms with van der Waals surface area (Å²) in [4.78, 5) is 50.8. The summed E-state index contributed by atoms with van der Waals surface area (Å²) >= 11 is 0. The number of rotatable bonds is 3. The molecule has 0 aromatic heterocycles. The zero-order valence-corrected chi connectivity index (χ0v) is 15.8. The van der Waals surface area contributed by atoms with E-state index in [0.717, 1.165) is 0 Å². The lowest BCUT2D eigenvalue weighted by atomic mass is 9.58. The van der Waals surface area contributed by atoms with Crippen molar-refractivity contribution in [2.75, 3.05) is 0 Å². The van der Waals surface area contributed by atoms with E-state index in [2.05, 4.69) is 0 Å². The molecule has 0 bridgehead atoms. The van der Waals surface area contributed by atoms with Crippen molar-refractivity contribution in [2.45, 2.75) is 67.2 Å². The van der Waals surface area contributed by atoms with Crippen LogP contribution in [-0.4, -0.2) is 23.1 Å². The minimum atomic E-state index is -0.794. The van der Waals surface area contributed by atoms with Crippen molar-refractivity contribution >= 4 is 23.1 Å². The highest BCUT2D eigenvalue weighted by Crippen LogP contribution is 2.45. The first kappa shape index (κ1) is 19.0. The molecule has 24 heavy (non-hydrogen) atoms. The predicted molar refractivity (Wildman–Crippen MR) is 91.4 cm³/mol. The molecule has 0 aromatic carbocycles. The Hall–Kier alpha value is -1.32. The molecule has 4 heteroatoms. The second kappa shape index (κ2) is 6.20. The second-order valence-corrected chi connectivity index (χ2v) is 9.68. The Balaban J connectivity index is 2.37. The van der Waals surface area contributed by atoms with Crippen LogP contribution in [0.4, 0.5) is 0 Å². The molecule has 2 saturated carbocycles. The molecule has 2 fully saturated rings. The first-order valence-electron chi connectivity index (χ1n) is 8.95. The Kier molecular flexibility index (Phi) is 4.91. The molecular formula is C20H30O4. The van der Waals surface area contributed by atoms with E-state index < -0.39 is 17.8 Å². The maximum absolute atomic E-state index is 12.7. The highest BCUT2D eigenvalue weighted by Gasteiger charge is 2.52. The number of hydrogen-bond acceptors (Lipinski definition) is 4. The fourth-order valence-corrected chi connectivity index (χ4v) is 4.63. The molecule has 0 saturated heterocycles. The Morgan fingerprint density at radius 2 is 0.917 bits per heavy atom. The summed E-state index contributed by atoms with van der Waals surface area (Å²) in [6, 6.07) is 0. The van der Waals surface area contributed by atoms with Gasteiger partial charge in [-0.1, -0.05) is 41.5 Å². The topological polar surface area (TPSA) is 68.3 Å². The van der Waals surface area contributed by atoms with Crippen LogP contribution in [0, 0.1) is 34.5 Å². The molecule has 0 aromatic rings. The van der Waals surface area contributed by atoms with Crippen LogP contribution in [0.2, 0.25) is 0 Å². The number of hydrogen-bond donors (Lipinski definition) is 0. The third kappa shape index (κ3) is 3.68. The van der Waals surface area contributed by atoms with E-state index in [9.17, 15) is 19.2 Å². The Bertz CT molecular complexity index is 494. The van der Waals surface area contributed by atoms with Gasteiger partial charge in [0.25, 0.3) is 0 Å². The largest absolute Gasteiger partial charge is 0.299 e. The Morgan fingerprint density at radius 1 is 0.667 bits per heavy atom. The Labute approximate surface area is 144 Å². The van der Waals surface area contributed by atoms with Crippen molar-refractivity contribution in [1.29, 1.82) is 0 Å². The minimum absolute atomic E-state index is 0.0665. The lowest BCUT2D eigenvalue weighted by molar-refractivity contribution is -0.150. The average molecular weight is 334 g/mol. The molecule has 2 rings (SSSR count). The van der Waals surface area contributed by atoms with Crippen LogP contribution in [0.1, 0.15) is 67.2 Å². The monoisotopic (exact) mass is 334 g/mol. The summed E-state index contributed by atoms with van der Waals surface area (Å²) in [5.74, 6) is -2.53. The highest BCUT2D eigenvalue weighted by atomic mass is 16.2. The van der Waals surface area contributed by atoms with Crippen molar-refractivity contribution in [3.8, 4) is 0 Å². The molecule has 0 aliphatic heterocycles. The zero-order valence-electron chi connectivity index (χ0n) is 15.8. The quantitative estimate of drug-likeness (QED) is 0.742. The minimum Gasteiger partial charge on any atom is -0.299 e. The van der Waals surface area contributed by atoms with Crippen LogP contribution in [0.3, 0.4) is 0 Å². The molecular weight excluding hydrogens is 304 g/mol. The van der Waals surface area contributed by atoms with Gasteiger partial charge in [-0.05, 0) is 22.7 Å². The maximum atomic E-state index is 12.7. The predicted octanol–water partition coefficient (Wildman–Crippen LogP) is 3.41. The van der Waals surface area contributed by atoms with E-state index in [1.165, 1.54) is 0 Å². The first-order valence-corrected chi connectivity index (χ1v) is 8.95. The van der Waals surface area contributed by atoms with Gasteiger partial charge in [-0.15, -0.1) is 0 Å². The maximum Gasteiger partial charge on any atom is 0.144 e. The number of carbonyl (C=O) groups excluding carboxylic acids is 4. The Morgan fingerprint density at radius 3 is 1.12 bits per heavy atom. The average Bonchev–Trinajstić information content (AvgIpc) is 2.31. The van der Waals surface area contributed by atoms with Crippen molar-refractivity contribution < 1.29 is 19.2 Å². The van der Waals surface area contributed by atoms with Gasteiger partial charge in [0.15, 0.2) is 0 Å². The first-order chi connectivity index (χ1) is 10.8. The van der Waals surface area contributed by atoms with Crippen molar-refractivity contribution in [3.63, 3.8) is 0 Å². The van der Waals surface area contributed by atoms with E-state index in [-0.39, 0.29) is 39.9 Å². The normalized spacial score (nSPS) is 25.8. The van der Waals surface area contributed by atoms with E-state index in [1.54, 1.807) is 0 Å². The smallest absolute Gasteiger partial charge is 0.144 e. The lowest BCUT2D eigenvalue weighted by Gasteiger charge is -2.42. The molecule has 0 unspecified atom stereocenters. The van der Waals surface area contributed by atoms with Gasteiger partial charge >= 0.3 is 0 Å². The van der Waals surface area contributed by atoms with Gasteiger partial charge in [0.2, 0.25) is 0 Å². The molecule has 4 nitrogen and oxygen atoms in total. The fraction of sp³-hybridized carbons (Fsp3) is 0.800. The second-order valence-electron chi connectivity index (χ2n) is 9.68. The van der Waals surface area contributed by atoms with Gasteiger partial charge in [0, 0.05) is 25.7 Å². The number of Topliss-reactive ketones (excluding diaryl/α,β-unsaturated/α-hetero) is 4. The van der Waals surface area contributed by atoms with Crippen molar-refractivity contribution in [3.05, 3.63) is 0 Å². The van der Waals surface area contributed by atoms with Crippen molar-refractivity contribution in [2.24, 2.45) is 34.5 Å². The van der Waals surface area contributed by atoms with Crippen LogP contribution < -0.4 is 0 Å². The summed E-state index contributed by atoms with van der Waals surface area (Å²) < 4.78 is 0. The molecule has 2 aliphatic carbocycles. The summed E-state index contributed by atoms with van der Waals surface area (Å²) in [5, 5.41) is 0. The van der Waals surface area contributed by atoms with E-state index in [0.29, 0.717) is 25.7 Å². The molecule has 0 amide bonds. The molecule has 0 heterocycles. The van der Waals surface area contributed by atoms with Gasteiger partial charge in [0.1, 0.15) is 23.1 Å². The van der Waals surface area contributed by atoms with Crippen LogP contribution in [-0.2, 0) is 19.2 Å². The third-order valence-electron chi connectivity index (χ3n) is 5.54. The van der Waals surface area contributed by atoms with Gasteiger partial charge in [-0.2, -0.15) is 0 Å². The van der Waals surface area contributed by atoms with Crippen LogP contribution in [0.25, 0.3) is 0 Å². The summed E-state index contributed by atoms with van der Waals surface area (Å²) in [5.41, 5.74) is -0.649. The molecule has 0 N–H and O–H groups in total. The highest BCUT2D eigenvalue weighted by molar-refractivity contribution is 6.09. The van der Waals surface area contributed by atoms with Crippen LogP contribution >= 0.6 is 0 Å². The van der Waals surface area contributed by atoms with Gasteiger partial charge in [-0.25, -0.2) is 0 Å². The van der Waals surface area contributed by atoms with Gasteiger partial charge in [0.05, 0.1) is 11.8 Å². The SMILES string of the molecule is CC(C)C(C1C(=O)CC(C)(C)CC1=O)C1C(=O)CC(C)(C)CC1=O. The third-order valence-corrected chi connectivity index (χ3v) is 5.54. The zero-order chi connectivity index (χ0) is 18.4. The van der Waals surface area contributed by atoms with Crippen LogP contribution in [0.15, 0.2) is 0 Å². The lowest BCUT2D eigenvalue weighted by Crippen LogP contribution is -2.51. The number of ketones is 4. The number of carbonyl (C=O) groups is 4. The molecule has 0 radical (unpaired) electrons. The van der Waals surface area contributed by atoms with Crippen LogP contribution in [0.5, 0.6) is 0 Å². The fourth-order valence-electron chi connectivity index (χ4n) is 4.63.